The zero-order valence-electron chi connectivity index (χ0n) is 10.0. The van der Waals surface area contributed by atoms with Crippen LogP contribution < -0.4 is 5.73 Å². The predicted octanol–water partition coefficient (Wildman–Crippen LogP) is 1.47. The number of thioether (sulfide) groups is 1. The van der Waals surface area contributed by atoms with Crippen LogP contribution in [0.25, 0.3) is 0 Å². The first-order valence-electron chi connectivity index (χ1n) is 6.38. The fraction of sp³-hybridized carbons (Fsp3) is 0.917. The van der Waals surface area contributed by atoms with E-state index < -0.39 is 0 Å². The van der Waals surface area contributed by atoms with Gasteiger partial charge >= 0.3 is 0 Å². The Bertz CT molecular complexity index is 259. The van der Waals surface area contributed by atoms with Crippen molar-refractivity contribution in [3.05, 3.63) is 0 Å². The molecule has 2 N–H and O–H groups in total. The van der Waals surface area contributed by atoms with Crippen molar-refractivity contribution in [1.29, 1.82) is 0 Å². The second kappa shape index (κ2) is 5.41. The van der Waals surface area contributed by atoms with Crippen molar-refractivity contribution in [1.82, 2.24) is 4.90 Å². The van der Waals surface area contributed by atoms with Gasteiger partial charge in [-0.2, -0.15) is 11.8 Å². The Hall–Kier alpha value is -0.220. The van der Waals surface area contributed by atoms with Gasteiger partial charge in [0, 0.05) is 30.1 Å². The fourth-order valence-corrected chi connectivity index (χ4v) is 3.88. The Morgan fingerprint density at radius 1 is 1.50 bits per heavy atom. The number of carbonyl (C=O) groups is 1. The van der Waals surface area contributed by atoms with Crippen LogP contribution in [0.5, 0.6) is 0 Å². The van der Waals surface area contributed by atoms with E-state index >= 15 is 0 Å². The molecule has 1 aliphatic carbocycles. The van der Waals surface area contributed by atoms with Gasteiger partial charge in [0.15, 0.2) is 0 Å². The van der Waals surface area contributed by atoms with E-state index in [4.69, 9.17) is 5.73 Å². The van der Waals surface area contributed by atoms with Gasteiger partial charge in [-0.05, 0) is 19.3 Å². The third kappa shape index (κ3) is 2.54. The first-order chi connectivity index (χ1) is 7.72. The molecule has 1 saturated heterocycles. The zero-order valence-corrected chi connectivity index (χ0v) is 10.8. The molecule has 1 saturated carbocycles. The zero-order chi connectivity index (χ0) is 11.5. The van der Waals surface area contributed by atoms with Crippen LogP contribution >= 0.6 is 11.8 Å². The van der Waals surface area contributed by atoms with E-state index in [1.54, 1.807) is 0 Å². The molecular weight excluding hydrogens is 220 g/mol. The molecule has 1 amide bonds. The van der Waals surface area contributed by atoms with Crippen LogP contribution in [0.15, 0.2) is 0 Å². The maximum absolute atomic E-state index is 12.3. The molecule has 3 nitrogen and oxygen atoms in total. The van der Waals surface area contributed by atoms with Crippen LogP contribution in [-0.4, -0.2) is 40.9 Å². The summed E-state index contributed by atoms with van der Waals surface area (Å²) < 4.78 is 0. The lowest BCUT2D eigenvalue weighted by Crippen LogP contribution is -2.47. The van der Waals surface area contributed by atoms with Gasteiger partial charge in [0.05, 0.1) is 5.92 Å². The molecule has 0 bridgehead atoms. The standard InChI is InChI=1S/C12H22N2OS/c1-2-9-8-14(6-7-16-9)12(15)10-4-3-5-11(10)13/h9-11H,2-8,13H2,1H3. The predicted molar refractivity (Wildman–Crippen MR) is 68.4 cm³/mol. The van der Waals surface area contributed by atoms with Crippen molar-refractivity contribution in [3.8, 4) is 0 Å². The number of carbonyl (C=O) groups excluding carboxylic acids is 1. The van der Waals surface area contributed by atoms with Gasteiger partial charge < -0.3 is 10.6 Å². The summed E-state index contributed by atoms with van der Waals surface area (Å²) in [5.74, 6) is 1.52. The average molecular weight is 242 g/mol. The number of nitrogens with two attached hydrogens (primary N) is 1. The van der Waals surface area contributed by atoms with Crippen molar-refractivity contribution in [3.63, 3.8) is 0 Å². The van der Waals surface area contributed by atoms with Crippen molar-refractivity contribution < 1.29 is 4.79 Å². The average Bonchev–Trinajstić information content (AvgIpc) is 2.74. The van der Waals surface area contributed by atoms with Crippen LogP contribution in [0.1, 0.15) is 32.6 Å². The molecule has 2 fully saturated rings. The summed E-state index contributed by atoms with van der Waals surface area (Å²) in [7, 11) is 0. The van der Waals surface area contributed by atoms with Gasteiger partial charge in [-0.1, -0.05) is 13.3 Å². The van der Waals surface area contributed by atoms with Gasteiger partial charge in [0.25, 0.3) is 0 Å². The lowest BCUT2D eigenvalue weighted by Gasteiger charge is -2.34. The van der Waals surface area contributed by atoms with E-state index in [0.717, 1.165) is 44.5 Å². The quantitative estimate of drug-likeness (QED) is 0.797. The molecule has 0 aromatic rings. The maximum Gasteiger partial charge on any atom is 0.227 e. The van der Waals surface area contributed by atoms with Crippen molar-refractivity contribution in [2.45, 2.75) is 43.9 Å². The molecule has 2 aliphatic rings. The van der Waals surface area contributed by atoms with Crippen LogP contribution in [-0.2, 0) is 4.79 Å². The summed E-state index contributed by atoms with van der Waals surface area (Å²) in [4.78, 5) is 14.4. The third-order valence-electron chi connectivity index (χ3n) is 3.79. The molecule has 4 heteroatoms. The molecule has 0 radical (unpaired) electrons. The Balaban J connectivity index is 1.93. The summed E-state index contributed by atoms with van der Waals surface area (Å²) in [6.07, 6.45) is 4.30. The number of hydrogen-bond donors (Lipinski definition) is 1. The van der Waals surface area contributed by atoms with Gasteiger partial charge in [0.1, 0.15) is 0 Å². The lowest BCUT2D eigenvalue weighted by molar-refractivity contribution is -0.135. The molecule has 1 heterocycles. The highest BCUT2D eigenvalue weighted by Crippen LogP contribution is 2.28. The SMILES string of the molecule is CCC1CN(C(=O)C2CCCC2N)CCS1. The maximum atomic E-state index is 12.3. The first-order valence-corrected chi connectivity index (χ1v) is 7.43. The van der Waals surface area contributed by atoms with Crippen LogP contribution in [0, 0.1) is 5.92 Å². The minimum absolute atomic E-state index is 0.112. The van der Waals surface area contributed by atoms with Crippen molar-refractivity contribution in [2.75, 3.05) is 18.8 Å². The molecule has 2 rings (SSSR count). The molecule has 1 aliphatic heterocycles. The first kappa shape index (κ1) is 12.2. The highest BCUT2D eigenvalue weighted by Gasteiger charge is 2.34. The molecule has 92 valence electrons. The third-order valence-corrected chi connectivity index (χ3v) is 5.16. The smallest absolute Gasteiger partial charge is 0.227 e. The van der Waals surface area contributed by atoms with Gasteiger partial charge in [-0.15, -0.1) is 0 Å². The van der Waals surface area contributed by atoms with E-state index in [0.29, 0.717) is 11.2 Å². The van der Waals surface area contributed by atoms with Gasteiger partial charge in [0.2, 0.25) is 5.91 Å². The molecule has 0 aromatic heterocycles. The van der Waals surface area contributed by atoms with Crippen molar-refractivity contribution in [2.24, 2.45) is 11.7 Å². The second-order valence-electron chi connectivity index (χ2n) is 4.89. The van der Waals surface area contributed by atoms with Crippen LogP contribution in [0.4, 0.5) is 0 Å². The molecule has 0 spiro atoms. The Labute approximate surface area is 102 Å². The summed E-state index contributed by atoms with van der Waals surface area (Å²) in [5, 5.41) is 0.635. The molecule has 16 heavy (non-hydrogen) atoms. The minimum atomic E-state index is 0.112. The molecule has 3 unspecified atom stereocenters. The Morgan fingerprint density at radius 2 is 2.31 bits per heavy atom. The van der Waals surface area contributed by atoms with Crippen LogP contribution in [0.3, 0.4) is 0 Å². The summed E-state index contributed by atoms with van der Waals surface area (Å²) >= 11 is 2.00. The topological polar surface area (TPSA) is 46.3 Å². The van der Waals surface area contributed by atoms with Gasteiger partial charge in [-0.3, -0.25) is 4.79 Å². The molecule has 0 aromatic carbocycles. The molecular formula is C12H22N2OS. The summed E-state index contributed by atoms with van der Waals surface area (Å²) in [5.41, 5.74) is 6.00. The normalized spacial score (nSPS) is 35.4. The monoisotopic (exact) mass is 242 g/mol. The number of nitrogens with zero attached hydrogens (tertiary/aromatic N) is 1. The van der Waals surface area contributed by atoms with E-state index in [9.17, 15) is 4.79 Å². The number of hydrogen-bond acceptors (Lipinski definition) is 3. The number of amides is 1. The largest absolute Gasteiger partial charge is 0.340 e. The van der Waals surface area contributed by atoms with E-state index in [1.807, 2.05) is 11.8 Å². The highest BCUT2D eigenvalue weighted by molar-refractivity contribution is 8.00. The Kier molecular flexibility index (Phi) is 4.14. The van der Waals surface area contributed by atoms with Crippen molar-refractivity contribution >= 4 is 17.7 Å². The highest BCUT2D eigenvalue weighted by atomic mass is 32.2. The van der Waals surface area contributed by atoms with Crippen LogP contribution in [0.2, 0.25) is 0 Å². The van der Waals surface area contributed by atoms with Gasteiger partial charge in [-0.25, -0.2) is 0 Å². The Morgan fingerprint density at radius 3 is 2.94 bits per heavy atom. The summed E-state index contributed by atoms with van der Waals surface area (Å²) in [6, 6.07) is 0.113. The van der Waals surface area contributed by atoms with E-state index in [1.165, 1.54) is 0 Å². The summed E-state index contributed by atoms with van der Waals surface area (Å²) in [6.45, 7) is 4.05. The van der Waals surface area contributed by atoms with E-state index in [2.05, 4.69) is 11.8 Å². The second-order valence-corrected chi connectivity index (χ2v) is 6.29. The minimum Gasteiger partial charge on any atom is -0.340 e. The fourth-order valence-electron chi connectivity index (χ4n) is 2.70. The number of rotatable bonds is 2. The van der Waals surface area contributed by atoms with E-state index in [-0.39, 0.29) is 12.0 Å². The lowest BCUT2D eigenvalue weighted by atomic mass is 10.0. The molecule has 3 atom stereocenters.